The number of ketones is 1. The van der Waals surface area contributed by atoms with Gasteiger partial charge in [-0.1, -0.05) is 6.07 Å². The largest absolute Gasteiger partial charge is 0.326 e. The molecule has 0 aliphatic heterocycles. The zero-order chi connectivity index (χ0) is 19.4. The van der Waals surface area contributed by atoms with Crippen LogP contribution in [0.15, 0.2) is 53.3 Å². The number of benzene rings is 2. The molecule has 27 heavy (non-hydrogen) atoms. The van der Waals surface area contributed by atoms with Crippen LogP contribution in [-0.4, -0.2) is 16.7 Å². The number of aryl methyl sites for hydroxylation is 1. The Bertz CT molecular complexity index is 1060. The second-order valence-corrected chi connectivity index (χ2v) is 6.42. The first-order valence-corrected chi connectivity index (χ1v) is 8.65. The van der Waals surface area contributed by atoms with Gasteiger partial charge in [0.2, 0.25) is 5.91 Å². The lowest BCUT2D eigenvalue weighted by Gasteiger charge is -2.07. The topological polar surface area (TPSA) is 79.0 Å². The van der Waals surface area contributed by atoms with E-state index in [-0.39, 0.29) is 30.1 Å². The molecule has 0 atom stereocenters. The molecule has 0 unspecified atom stereocenters. The van der Waals surface area contributed by atoms with Crippen molar-refractivity contribution >= 4 is 28.3 Å². The molecule has 0 bridgehead atoms. The Morgan fingerprint density at radius 2 is 1.78 bits per heavy atom. The average molecular weight is 366 g/mol. The Morgan fingerprint density at radius 1 is 1.04 bits per heavy atom. The molecule has 0 radical (unpaired) electrons. The molecule has 2 N–H and O–H groups in total. The molecule has 1 aromatic heterocycles. The highest BCUT2D eigenvalue weighted by Gasteiger charge is 2.09. The predicted molar refractivity (Wildman–Crippen MR) is 103 cm³/mol. The SMILES string of the molecule is Cc1cc2ccc(NC(=O)CCCC(=O)c3ccc(F)cc3)cc2[nH]c1=O. The van der Waals surface area contributed by atoms with Crippen molar-refractivity contribution in [2.75, 3.05) is 5.32 Å². The summed E-state index contributed by atoms with van der Waals surface area (Å²) in [5, 5.41) is 3.65. The van der Waals surface area contributed by atoms with Crippen LogP contribution in [0.2, 0.25) is 0 Å². The summed E-state index contributed by atoms with van der Waals surface area (Å²) in [6.45, 7) is 1.74. The van der Waals surface area contributed by atoms with Crippen LogP contribution in [0.5, 0.6) is 0 Å². The fourth-order valence-corrected chi connectivity index (χ4v) is 2.80. The lowest BCUT2D eigenvalue weighted by atomic mass is 10.1. The minimum Gasteiger partial charge on any atom is -0.326 e. The summed E-state index contributed by atoms with van der Waals surface area (Å²) >= 11 is 0. The van der Waals surface area contributed by atoms with Gasteiger partial charge in [-0.2, -0.15) is 0 Å². The third-order valence-electron chi connectivity index (χ3n) is 4.29. The number of hydrogen-bond acceptors (Lipinski definition) is 3. The van der Waals surface area contributed by atoms with Crippen molar-refractivity contribution < 1.29 is 14.0 Å². The van der Waals surface area contributed by atoms with Crippen molar-refractivity contribution in [1.29, 1.82) is 0 Å². The number of fused-ring (bicyclic) bond motifs is 1. The minimum absolute atomic E-state index is 0.124. The molecule has 5 nitrogen and oxygen atoms in total. The number of aromatic nitrogens is 1. The molecule has 1 amide bonds. The number of amides is 1. The van der Waals surface area contributed by atoms with Crippen molar-refractivity contribution in [1.82, 2.24) is 4.98 Å². The van der Waals surface area contributed by atoms with Crippen LogP contribution in [-0.2, 0) is 4.79 Å². The van der Waals surface area contributed by atoms with Gasteiger partial charge in [-0.05, 0) is 61.2 Å². The van der Waals surface area contributed by atoms with Gasteiger partial charge in [0.1, 0.15) is 5.82 Å². The van der Waals surface area contributed by atoms with Gasteiger partial charge >= 0.3 is 0 Å². The van der Waals surface area contributed by atoms with Crippen molar-refractivity contribution in [2.45, 2.75) is 26.2 Å². The van der Waals surface area contributed by atoms with Gasteiger partial charge in [0.15, 0.2) is 5.78 Å². The number of carbonyl (C=O) groups excluding carboxylic acids is 2. The van der Waals surface area contributed by atoms with Gasteiger partial charge in [0, 0.05) is 29.7 Å². The summed E-state index contributed by atoms with van der Waals surface area (Å²) in [6.07, 6.45) is 0.796. The van der Waals surface area contributed by atoms with E-state index in [4.69, 9.17) is 0 Å². The maximum absolute atomic E-state index is 12.9. The van der Waals surface area contributed by atoms with Crippen LogP contribution in [0.1, 0.15) is 35.2 Å². The number of carbonyl (C=O) groups is 2. The number of hydrogen-bond donors (Lipinski definition) is 2. The van der Waals surface area contributed by atoms with Crippen molar-refractivity contribution in [3.63, 3.8) is 0 Å². The van der Waals surface area contributed by atoms with Crippen LogP contribution in [0.3, 0.4) is 0 Å². The first kappa shape index (κ1) is 18.5. The van der Waals surface area contributed by atoms with Crippen LogP contribution in [0, 0.1) is 12.7 Å². The molecule has 6 heteroatoms. The molecule has 1 heterocycles. The molecule has 0 saturated heterocycles. The fraction of sp³-hybridized carbons (Fsp3) is 0.190. The van der Waals surface area contributed by atoms with Crippen molar-refractivity contribution in [3.05, 3.63) is 75.8 Å². The highest BCUT2D eigenvalue weighted by molar-refractivity contribution is 5.97. The Labute approximate surface area is 155 Å². The molecule has 3 rings (SSSR count). The first-order chi connectivity index (χ1) is 12.9. The highest BCUT2D eigenvalue weighted by Crippen LogP contribution is 2.17. The number of nitrogens with one attached hydrogen (secondary N) is 2. The summed E-state index contributed by atoms with van der Waals surface area (Å²) in [5.41, 5.74) is 2.13. The molecule has 0 fully saturated rings. The maximum Gasteiger partial charge on any atom is 0.251 e. The Hall–Kier alpha value is -3.28. The van der Waals surface area contributed by atoms with E-state index in [1.54, 1.807) is 25.1 Å². The highest BCUT2D eigenvalue weighted by atomic mass is 19.1. The summed E-state index contributed by atoms with van der Waals surface area (Å²) in [5.74, 6) is -0.727. The zero-order valence-electron chi connectivity index (χ0n) is 14.8. The second kappa shape index (κ2) is 7.95. The number of halogens is 1. The monoisotopic (exact) mass is 366 g/mol. The van der Waals surface area contributed by atoms with Crippen molar-refractivity contribution in [2.24, 2.45) is 0 Å². The lowest BCUT2D eigenvalue weighted by Crippen LogP contribution is -2.13. The molecule has 138 valence electrons. The van der Waals surface area contributed by atoms with Crippen LogP contribution >= 0.6 is 0 Å². The number of aromatic amines is 1. The van der Waals surface area contributed by atoms with E-state index in [1.807, 2.05) is 6.07 Å². The molecular formula is C21H19FN2O3. The van der Waals surface area contributed by atoms with Crippen LogP contribution in [0.25, 0.3) is 10.9 Å². The first-order valence-electron chi connectivity index (χ1n) is 8.65. The molecular weight excluding hydrogens is 347 g/mol. The third kappa shape index (κ3) is 4.67. The Kier molecular flexibility index (Phi) is 5.45. The van der Waals surface area contributed by atoms with Crippen molar-refractivity contribution in [3.8, 4) is 0 Å². The van der Waals surface area contributed by atoms with Gasteiger partial charge in [-0.3, -0.25) is 14.4 Å². The molecule has 2 aromatic carbocycles. The Balaban J connectivity index is 1.55. The molecule has 0 aliphatic carbocycles. The van der Waals surface area contributed by atoms with Gasteiger partial charge in [-0.15, -0.1) is 0 Å². The number of H-pyrrole nitrogens is 1. The fourth-order valence-electron chi connectivity index (χ4n) is 2.80. The summed E-state index contributed by atoms with van der Waals surface area (Å²) in [4.78, 5) is 38.6. The minimum atomic E-state index is -0.391. The van der Waals surface area contributed by atoms with E-state index in [2.05, 4.69) is 10.3 Å². The normalized spacial score (nSPS) is 10.7. The molecule has 3 aromatic rings. The Morgan fingerprint density at radius 3 is 2.52 bits per heavy atom. The molecule has 0 aliphatic rings. The van der Waals surface area contributed by atoms with Gasteiger partial charge in [0.25, 0.3) is 5.56 Å². The molecule has 0 saturated carbocycles. The van der Waals surface area contributed by atoms with Crippen LogP contribution < -0.4 is 10.9 Å². The van der Waals surface area contributed by atoms with E-state index >= 15 is 0 Å². The summed E-state index contributed by atoms with van der Waals surface area (Å²) in [7, 11) is 0. The molecule has 0 spiro atoms. The predicted octanol–water partition coefficient (Wildman–Crippen LogP) is 3.97. The van der Waals surface area contributed by atoms with Gasteiger partial charge in [0.05, 0.1) is 5.52 Å². The standard InChI is InChI=1S/C21H19FN2O3/c1-13-11-15-7-10-17(12-18(15)24-21(13)27)23-20(26)4-2-3-19(25)14-5-8-16(22)9-6-14/h5-12H,2-4H2,1H3,(H,23,26)(H,24,27). The number of anilines is 1. The summed E-state index contributed by atoms with van der Waals surface area (Å²) < 4.78 is 12.9. The van der Waals surface area contributed by atoms with E-state index in [0.717, 1.165) is 5.39 Å². The third-order valence-corrected chi connectivity index (χ3v) is 4.29. The maximum atomic E-state index is 12.9. The summed E-state index contributed by atoms with van der Waals surface area (Å²) in [6, 6.07) is 12.5. The van der Waals surface area contributed by atoms with E-state index in [9.17, 15) is 18.8 Å². The average Bonchev–Trinajstić information content (AvgIpc) is 2.63. The smallest absolute Gasteiger partial charge is 0.251 e. The van der Waals surface area contributed by atoms with E-state index < -0.39 is 5.82 Å². The number of Topliss-reactive ketones (excluding diaryl/α,β-unsaturated/α-hetero) is 1. The second-order valence-electron chi connectivity index (χ2n) is 6.42. The van der Waals surface area contributed by atoms with Gasteiger partial charge in [-0.25, -0.2) is 4.39 Å². The van der Waals surface area contributed by atoms with E-state index in [1.165, 1.54) is 24.3 Å². The number of pyridine rings is 1. The van der Waals surface area contributed by atoms with E-state index in [0.29, 0.717) is 28.8 Å². The van der Waals surface area contributed by atoms with Gasteiger partial charge < -0.3 is 10.3 Å². The number of rotatable bonds is 6. The lowest BCUT2D eigenvalue weighted by molar-refractivity contribution is -0.116. The van der Waals surface area contributed by atoms with Crippen LogP contribution in [0.4, 0.5) is 10.1 Å². The zero-order valence-corrected chi connectivity index (χ0v) is 14.8. The quantitative estimate of drug-likeness (QED) is 0.648.